The van der Waals surface area contributed by atoms with Gasteiger partial charge in [0.05, 0.1) is 0 Å². The van der Waals surface area contributed by atoms with Crippen LogP contribution in [0.1, 0.15) is 18.9 Å². The second kappa shape index (κ2) is 6.60. The number of phosphoric ester groups is 1. The van der Waals surface area contributed by atoms with E-state index >= 15 is 0 Å². The molecule has 0 aliphatic rings. The maximum atomic E-state index is 12.0. The van der Waals surface area contributed by atoms with Crippen LogP contribution in [0.3, 0.4) is 0 Å². The zero-order chi connectivity index (χ0) is 14.4. The number of aryl methyl sites for hydroxylation is 1. The van der Waals surface area contributed by atoms with Crippen molar-refractivity contribution < 1.29 is 18.5 Å². The highest BCUT2D eigenvalue weighted by molar-refractivity contribution is 7.48. The number of benzene rings is 2. The SMILES string of the molecule is CCCc1ccccc1OP(=O)(O)Oc1ccccc1. The van der Waals surface area contributed by atoms with E-state index in [9.17, 15) is 9.46 Å². The highest BCUT2D eigenvalue weighted by atomic mass is 31.2. The molecule has 2 aromatic carbocycles. The van der Waals surface area contributed by atoms with Crippen molar-refractivity contribution in [2.24, 2.45) is 0 Å². The molecule has 0 saturated carbocycles. The van der Waals surface area contributed by atoms with Gasteiger partial charge in [-0.1, -0.05) is 49.7 Å². The number of hydrogen-bond acceptors (Lipinski definition) is 3. The monoisotopic (exact) mass is 292 g/mol. The summed E-state index contributed by atoms with van der Waals surface area (Å²) < 4.78 is 22.2. The van der Waals surface area contributed by atoms with E-state index in [2.05, 4.69) is 0 Å². The first-order valence-corrected chi connectivity index (χ1v) is 7.95. The molecule has 0 bridgehead atoms. The van der Waals surface area contributed by atoms with Gasteiger partial charge in [0.2, 0.25) is 0 Å². The lowest BCUT2D eigenvalue weighted by molar-refractivity contribution is 0.290. The van der Waals surface area contributed by atoms with Crippen molar-refractivity contribution in [2.75, 3.05) is 0 Å². The van der Waals surface area contributed by atoms with Gasteiger partial charge in [-0.2, -0.15) is 0 Å². The average molecular weight is 292 g/mol. The third kappa shape index (κ3) is 4.12. The van der Waals surface area contributed by atoms with Crippen molar-refractivity contribution >= 4 is 7.82 Å². The number of hydrogen-bond donors (Lipinski definition) is 1. The van der Waals surface area contributed by atoms with Gasteiger partial charge in [-0.3, -0.25) is 4.89 Å². The van der Waals surface area contributed by atoms with Crippen LogP contribution in [0.4, 0.5) is 0 Å². The Morgan fingerprint density at radius 1 is 1.00 bits per heavy atom. The van der Waals surface area contributed by atoms with E-state index in [-0.39, 0.29) is 0 Å². The Morgan fingerprint density at radius 3 is 2.35 bits per heavy atom. The Labute approximate surface area is 118 Å². The van der Waals surface area contributed by atoms with Crippen LogP contribution in [0.2, 0.25) is 0 Å². The molecule has 0 fully saturated rings. The molecule has 0 saturated heterocycles. The molecule has 0 aliphatic carbocycles. The molecule has 2 aromatic rings. The van der Waals surface area contributed by atoms with Crippen LogP contribution in [0, 0.1) is 0 Å². The molecule has 20 heavy (non-hydrogen) atoms. The lowest BCUT2D eigenvalue weighted by atomic mass is 10.1. The molecule has 0 amide bonds. The number of para-hydroxylation sites is 2. The van der Waals surface area contributed by atoms with Crippen LogP contribution >= 0.6 is 7.82 Å². The lowest BCUT2D eigenvalue weighted by Gasteiger charge is -2.15. The summed E-state index contributed by atoms with van der Waals surface area (Å²) >= 11 is 0. The Bertz CT molecular complexity index is 598. The largest absolute Gasteiger partial charge is 0.584 e. The molecule has 1 unspecified atom stereocenters. The second-order valence-electron chi connectivity index (χ2n) is 4.32. The van der Waals surface area contributed by atoms with Crippen LogP contribution in [0.15, 0.2) is 54.6 Å². The van der Waals surface area contributed by atoms with Gasteiger partial charge in [0, 0.05) is 0 Å². The van der Waals surface area contributed by atoms with Gasteiger partial charge in [-0.15, -0.1) is 0 Å². The third-order valence-electron chi connectivity index (χ3n) is 2.67. The fourth-order valence-corrected chi connectivity index (χ4v) is 2.68. The fourth-order valence-electron chi connectivity index (χ4n) is 1.83. The molecule has 2 rings (SSSR count). The number of phosphoric acid groups is 1. The Hall–Kier alpha value is -1.77. The molecule has 1 N–H and O–H groups in total. The highest BCUT2D eigenvalue weighted by Gasteiger charge is 2.25. The van der Waals surface area contributed by atoms with E-state index in [0.29, 0.717) is 11.5 Å². The molecule has 0 aliphatic heterocycles. The normalized spacial score (nSPS) is 13.5. The van der Waals surface area contributed by atoms with Crippen molar-refractivity contribution in [3.63, 3.8) is 0 Å². The van der Waals surface area contributed by atoms with Crippen LogP contribution < -0.4 is 9.05 Å². The van der Waals surface area contributed by atoms with Crippen molar-refractivity contribution in [3.8, 4) is 11.5 Å². The third-order valence-corrected chi connectivity index (χ3v) is 3.54. The van der Waals surface area contributed by atoms with E-state index in [4.69, 9.17) is 9.05 Å². The molecule has 0 aromatic heterocycles. The molecule has 106 valence electrons. The fraction of sp³-hybridized carbons (Fsp3) is 0.200. The van der Waals surface area contributed by atoms with Gasteiger partial charge in [0.15, 0.2) is 0 Å². The summed E-state index contributed by atoms with van der Waals surface area (Å²) in [7, 11) is -4.19. The van der Waals surface area contributed by atoms with E-state index in [1.807, 2.05) is 19.1 Å². The molecule has 4 nitrogen and oxygen atoms in total. The summed E-state index contributed by atoms with van der Waals surface area (Å²) in [6.45, 7) is 2.04. The van der Waals surface area contributed by atoms with Crippen molar-refractivity contribution in [1.29, 1.82) is 0 Å². The molecule has 0 radical (unpaired) electrons. The van der Waals surface area contributed by atoms with Crippen LogP contribution in [0.5, 0.6) is 11.5 Å². The minimum Gasteiger partial charge on any atom is -0.395 e. The number of rotatable bonds is 6. The summed E-state index contributed by atoms with van der Waals surface area (Å²) in [5, 5.41) is 0. The minimum absolute atomic E-state index is 0.298. The molecule has 1 atom stereocenters. The van der Waals surface area contributed by atoms with Gasteiger partial charge in [0.25, 0.3) is 0 Å². The van der Waals surface area contributed by atoms with Crippen LogP contribution in [-0.2, 0) is 11.0 Å². The van der Waals surface area contributed by atoms with Crippen LogP contribution in [0.25, 0.3) is 0 Å². The van der Waals surface area contributed by atoms with Crippen molar-refractivity contribution in [1.82, 2.24) is 0 Å². The Kier molecular flexibility index (Phi) is 4.83. The standard InChI is InChI=1S/C15H17O4P/c1-2-8-13-9-6-7-12-15(13)19-20(16,17)18-14-10-4-3-5-11-14/h3-7,9-12H,2,8H2,1H3,(H,16,17). The molecule has 0 heterocycles. The van der Waals surface area contributed by atoms with Gasteiger partial charge < -0.3 is 9.05 Å². The quantitative estimate of drug-likeness (QED) is 0.811. The summed E-state index contributed by atoms with van der Waals surface area (Å²) in [5.74, 6) is 0.683. The Balaban J connectivity index is 2.14. The predicted octanol–water partition coefficient (Wildman–Crippen LogP) is 4.20. The average Bonchev–Trinajstić information content (AvgIpc) is 2.41. The van der Waals surface area contributed by atoms with Crippen molar-refractivity contribution in [2.45, 2.75) is 19.8 Å². The summed E-state index contributed by atoms with van der Waals surface area (Å²) in [4.78, 5) is 9.83. The van der Waals surface area contributed by atoms with Crippen molar-refractivity contribution in [3.05, 3.63) is 60.2 Å². The van der Waals surface area contributed by atoms with E-state index in [1.165, 1.54) is 0 Å². The smallest absolute Gasteiger partial charge is 0.395 e. The summed E-state index contributed by atoms with van der Waals surface area (Å²) in [5.41, 5.74) is 0.890. The topological polar surface area (TPSA) is 55.8 Å². The van der Waals surface area contributed by atoms with E-state index in [1.54, 1.807) is 42.5 Å². The maximum absolute atomic E-state index is 12.0. The summed E-state index contributed by atoms with van der Waals surface area (Å²) in [6, 6.07) is 15.6. The summed E-state index contributed by atoms with van der Waals surface area (Å²) in [6.07, 6.45) is 1.71. The maximum Gasteiger partial charge on any atom is 0.584 e. The van der Waals surface area contributed by atoms with Crippen LogP contribution in [-0.4, -0.2) is 4.89 Å². The first kappa shape index (κ1) is 14.6. The second-order valence-corrected chi connectivity index (χ2v) is 5.62. The van der Waals surface area contributed by atoms with Gasteiger partial charge >= 0.3 is 7.82 Å². The zero-order valence-corrected chi connectivity index (χ0v) is 12.1. The predicted molar refractivity (Wildman–Crippen MR) is 78.0 cm³/mol. The molecule has 0 spiro atoms. The first-order valence-electron chi connectivity index (χ1n) is 6.45. The van der Waals surface area contributed by atoms with Gasteiger partial charge in [-0.25, -0.2) is 4.57 Å². The molecular formula is C15H17O4P. The molecule has 5 heteroatoms. The Morgan fingerprint density at radius 2 is 1.65 bits per heavy atom. The minimum atomic E-state index is -4.19. The first-order chi connectivity index (χ1) is 9.61. The zero-order valence-electron chi connectivity index (χ0n) is 11.2. The molecular weight excluding hydrogens is 275 g/mol. The van der Waals surface area contributed by atoms with E-state index < -0.39 is 7.82 Å². The lowest BCUT2D eigenvalue weighted by Crippen LogP contribution is -2.01. The van der Waals surface area contributed by atoms with Gasteiger partial charge in [-0.05, 0) is 30.2 Å². The van der Waals surface area contributed by atoms with Gasteiger partial charge in [0.1, 0.15) is 11.5 Å². The van der Waals surface area contributed by atoms with E-state index in [0.717, 1.165) is 18.4 Å². The highest BCUT2D eigenvalue weighted by Crippen LogP contribution is 2.45.